The summed E-state index contributed by atoms with van der Waals surface area (Å²) >= 11 is 0. The highest BCUT2D eigenvalue weighted by Crippen LogP contribution is 2.23. The number of nitrogen functional groups attached to an aromatic ring is 1. The average Bonchev–Trinajstić information content (AvgIpc) is 2.99. The second-order valence-electron chi connectivity index (χ2n) is 5.60. The zero-order valence-electron chi connectivity index (χ0n) is 12.3. The molecular formula is C16H18N6. The minimum Gasteiger partial charge on any atom is -0.368 e. The number of nitrogens with two attached hydrogens (primary N) is 1. The van der Waals surface area contributed by atoms with Gasteiger partial charge in [-0.15, -0.1) is 0 Å². The van der Waals surface area contributed by atoms with Crippen molar-refractivity contribution in [1.82, 2.24) is 19.6 Å². The number of hydrogen-bond acceptors (Lipinski definition) is 5. The van der Waals surface area contributed by atoms with E-state index in [4.69, 9.17) is 10.8 Å². The van der Waals surface area contributed by atoms with Gasteiger partial charge in [-0.2, -0.15) is 19.6 Å². The maximum atomic E-state index is 5.89. The minimum atomic E-state index is 0.299. The summed E-state index contributed by atoms with van der Waals surface area (Å²) in [5.74, 6) is 1.09. The molecule has 1 saturated heterocycles. The summed E-state index contributed by atoms with van der Waals surface area (Å²) in [5.41, 5.74) is 8.59. The molecule has 0 unspecified atom stereocenters. The van der Waals surface area contributed by atoms with Gasteiger partial charge in [0, 0.05) is 24.7 Å². The van der Waals surface area contributed by atoms with Crippen molar-refractivity contribution in [2.75, 3.05) is 23.7 Å². The summed E-state index contributed by atoms with van der Waals surface area (Å²) in [6.07, 6.45) is 3.63. The molecule has 0 aliphatic carbocycles. The first-order chi connectivity index (χ1) is 10.8. The van der Waals surface area contributed by atoms with Crippen molar-refractivity contribution >= 4 is 17.5 Å². The molecule has 4 rings (SSSR count). The topological polar surface area (TPSA) is 72.3 Å². The van der Waals surface area contributed by atoms with E-state index in [1.807, 2.05) is 40.9 Å². The molecule has 0 atom stereocenters. The molecule has 1 fully saturated rings. The van der Waals surface area contributed by atoms with Gasteiger partial charge in [0.2, 0.25) is 11.9 Å². The van der Waals surface area contributed by atoms with E-state index in [9.17, 15) is 0 Å². The van der Waals surface area contributed by atoms with E-state index >= 15 is 0 Å². The van der Waals surface area contributed by atoms with Gasteiger partial charge in [-0.3, -0.25) is 0 Å². The number of anilines is 2. The highest BCUT2D eigenvalue weighted by atomic mass is 15.4. The largest absolute Gasteiger partial charge is 0.368 e. The number of fused-ring (bicyclic) bond motifs is 1. The fourth-order valence-corrected chi connectivity index (χ4v) is 2.94. The molecule has 0 radical (unpaired) electrons. The van der Waals surface area contributed by atoms with Crippen LogP contribution in [0.2, 0.25) is 0 Å². The fourth-order valence-electron chi connectivity index (χ4n) is 2.94. The van der Waals surface area contributed by atoms with Crippen LogP contribution in [0.1, 0.15) is 19.3 Å². The Kier molecular flexibility index (Phi) is 3.14. The summed E-state index contributed by atoms with van der Waals surface area (Å²) in [6.45, 7) is 1.98. The van der Waals surface area contributed by atoms with E-state index in [0.717, 1.165) is 35.9 Å². The van der Waals surface area contributed by atoms with E-state index in [2.05, 4.69) is 14.9 Å². The molecule has 3 heterocycles. The molecule has 1 aliphatic rings. The Morgan fingerprint density at radius 3 is 2.50 bits per heavy atom. The van der Waals surface area contributed by atoms with Crippen molar-refractivity contribution in [3.05, 3.63) is 36.4 Å². The average molecular weight is 294 g/mol. The van der Waals surface area contributed by atoms with Crippen molar-refractivity contribution in [2.24, 2.45) is 0 Å². The molecule has 112 valence electrons. The van der Waals surface area contributed by atoms with E-state index < -0.39 is 0 Å². The summed E-state index contributed by atoms with van der Waals surface area (Å²) in [4.78, 5) is 11.0. The van der Waals surface area contributed by atoms with E-state index in [1.54, 1.807) is 0 Å². The van der Waals surface area contributed by atoms with Gasteiger partial charge in [0.15, 0.2) is 5.65 Å². The van der Waals surface area contributed by atoms with E-state index in [-0.39, 0.29) is 0 Å². The molecule has 1 aromatic carbocycles. The molecule has 1 aliphatic heterocycles. The molecule has 6 nitrogen and oxygen atoms in total. The van der Waals surface area contributed by atoms with Crippen LogP contribution in [0.3, 0.4) is 0 Å². The standard InChI is InChI=1S/C16H18N6/c17-15-18-14-11-13(12-7-3-1-4-8-12)20-22(14)16(19-15)21-9-5-2-6-10-21/h1,3-4,7-8,11H,2,5-6,9-10H2,(H2,17,18). The Hall–Kier alpha value is -2.63. The lowest BCUT2D eigenvalue weighted by Crippen LogP contribution is -2.32. The van der Waals surface area contributed by atoms with Crippen LogP contribution in [0.4, 0.5) is 11.9 Å². The zero-order chi connectivity index (χ0) is 14.9. The first-order valence-corrected chi connectivity index (χ1v) is 7.65. The second-order valence-corrected chi connectivity index (χ2v) is 5.60. The number of aromatic nitrogens is 4. The van der Waals surface area contributed by atoms with Crippen LogP contribution < -0.4 is 10.6 Å². The first kappa shape index (κ1) is 13.1. The predicted octanol–water partition coefficient (Wildman–Crippen LogP) is 2.36. The van der Waals surface area contributed by atoms with Gasteiger partial charge in [0.05, 0.1) is 5.69 Å². The Morgan fingerprint density at radius 2 is 1.73 bits per heavy atom. The van der Waals surface area contributed by atoms with Crippen LogP contribution in [0.15, 0.2) is 36.4 Å². The fraction of sp³-hybridized carbons (Fsp3) is 0.312. The van der Waals surface area contributed by atoms with Crippen LogP contribution >= 0.6 is 0 Å². The van der Waals surface area contributed by atoms with Crippen LogP contribution in [0.5, 0.6) is 0 Å². The number of hydrogen-bond donors (Lipinski definition) is 1. The lowest BCUT2D eigenvalue weighted by Gasteiger charge is -2.27. The van der Waals surface area contributed by atoms with Crippen LogP contribution in [-0.2, 0) is 0 Å². The third-order valence-corrected chi connectivity index (χ3v) is 4.03. The van der Waals surface area contributed by atoms with Gasteiger partial charge >= 0.3 is 0 Å². The van der Waals surface area contributed by atoms with Gasteiger partial charge in [-0.05, 0) is 19.3 Å². The Labute approximate surface area is 128 Å². The molecule has 2 aromatic heterocycles. The molecule has 6 heteroatoms. The molecule has 0 saturated carbocycles. The van der Waals surface area contributed by atoms with Gasteiger partial charge in [0.1, 0.15) is 0 Å². The van der Waals surface area contributed by atoms with Crippen molar-refractivity contribution in [1.29, 1.82) is 0 Å². The lowest BCUT2D eigenvalue weighted by atomic mass is 10.1. The summed E-state index contributed by atoms with van der Waals surface area (Å²) in [5, 5.41) is 4.69. The van der Waals surface area contributed by atoms with Gasteiger partial charge in [-0.25, -0.2) is 0 Å². The monoisotopic (exact) mass is 294 g/mol. The molecule has 3 aromatic rings. The number of benzene rings is 1. The lowest BCUT2D eigenvalue weighted by molar-refractivity contribution is 0.562. The van der Waals surface area contributed by atoms with Crippen molar-refractivity contribution < 1.29 is 0 Å². The molecular weight excluding hydrogens is 276 g/mol. The molecule has 22 heavy (non-hydrogen) atoms. The number of nitrogens with zero attached hydrogens (tertiary/aromatic N) is 5. The number of piperidine rings is 1. The molecule has 0 bridgehead atoms. The smallest absolute Gasteiger partial charge is 0.231 e. The Morgan fingerprint density at radius 1 is 0.955 bits per heavy atom. The third-order valence-electron chi connectivity index (χ3n) is 4.03. The Bertz CT molecular complexity index is 789. The highest BCUT2D eigenvalue weighted by Gasteiger charge is 2.18. The van der Waals surface area contributed by atoms with Crippen molar-refractivity contribution in [2.45, 2.75) is 19.3 Å². The first-order valence-electron chi connectivity index (χ1n) is 7.65. The van der Waals surface area contributed by atoms with Crippen molar-refractivity contribution in [3.63, 3.8) is 0 Å². The summed E-state index contributed by atoms with van der Waals surface area (Å²) in [6, 6.07) is 12.0. The maximum Gasteiger partial charge on any atom is 0.231 e. The quantitative estimate of drug-likeness (QED) is 0.785. The molecule has 0 amide bonds. The normalized spacial score (nSPS) is 15.4. The molecule has 2 N–H and O–H groups in total. The van der Waals surface area contributed by atoms with Gasteiger partial charge < -0.3 is 10.6 Å². The SMILES string of the molecule is Nc1nc(N2CCCCC2)n2nc(-c3ccccc3)cc2n1. The molecule has 0 spiro atoms. The van der Waals surface area contributed by atoms with Gasteiger partial charge in [0.25, 0.3) is 0 Å². The van der Waals surface area contributed by atoms with Crippen LogP contribution in [0.25, 0.3) is 16.9 Å². The van der Waals surface area contributed by atoms with Crippen molar-refractivity contribution in [3.8, 4) is 11.3 Å². The minimum absolute atomic E-state index is 0.299. The van der Waals surface area contributed by atoms with E-state index in [1.165, 1.54) is 19.3 Å². The predicted molar refractivity (Wildman–Crippen MR) is 86.7 cm³/mol. The highest BCUT2D eigenvalue weighted by molar-refractivity contribution is 5.65. The Balaban J connectivity index is 1.84. The number of rotatable bonds is 2. The summed E-state index contributed by atoms with van der Waals surface area (Å²) < 4.78 is 1.81. The zero-order valence-corrected chi connectivity index (χ0v) is 12.3. The third kappa shape index (κ3) is 2.26. The van der Waals surface area contributed by atoms with E-state index in [0.29, 0.717) is 5.95 Å². The maximum absolute atomic E-state index is 5.89. The van der Waals surface area contributed by atoms with Crippen LogP contribution in [-0.4, -0.2) is 32.7 Å². The summed E-state index contributed by atoms with van der Waals surface area (Å²) in [7, 11) is 0. The second kappa shape index (κ2) is 5.29. The van der Waals surface area contributed by atoms with Gasteiger partial charge in [-0.1, -0.05) is 30.3 Å². The van der Waals surface area contributed by atoms with Crippen LogP contribution in [0, 0.1) is 0 Å².